The number of hydrogen-bond donors (Lipinski definition) is 2. The summed E-state index contributed by atoms with van der Waals surface area (Å²) in [5.74, 6) is 0.0728. The Hall–Kier alpha value is -0.580. The van der Waals surface area contributed by atoms with E-state index in [2.05, 4.69) is 26.6 Å². The molecule has 1 aromatic carbocycles. The van der Waals surface area contributed by atoms with Crippen molar-refractivity contribution in [1.29, 1.82) is 0 Å². The van der Waals surface area contributed by atoms with E-state index in [1.54, 1.807) is 0 Å². The molecular weight excluding hydrogens is 316 g/mol. The van der Waals surface area contributed by atoms with Gasteiger partial charge in [0.2, 0.25) is 5.91 Å². The van der Waals surface area contributed by atoms with Gasteiger partial charge in [0.25, 0.3) is 0 Å². The van der Waals surface area contributed by atoms with Gasteiger partial charge in [-0.2, -0.15) is 0 Å². The molecule has 0 radical (unpaired) electrons. The Morgan fingerprint density at radius 2 is 2.00 bits per heavy atom. The zero-order valence-electron chi connectivity index (χ0n) is 10.5. The van der Waals surface area contributed by atoms with E-state index in [1.807, 2.05) is 26.0 Å². The molecule has 2 rings (SSSR count). The Balaban J connectivity index is 0.00000162. The molecule has 0 unspecified atom stereocenters. The molecular formula is C13H18BrClN2O. The molecule has 100 valence electrons. The maximum absolute atomic E-state index is 11.9. The second-order valence-electron chi connectivity index (χ2n) is 4.56. The molecule has 1 aliphatic rings. The van der Waals surface area contributed by atoms with Crippen LogP contribution in [0.1, 0.15) is 24.0 Å². The van der Waals surface area contributed by atoms with E-state index in [0.29, 0.717) is 0 Å². The number of aryl methyl sites for hydroxylation is 2. The molecule has 1 aromatic rings. The molecule has 2 N–H and O–H groups in total. The van der Waals surface area contributed by atoms with E-state index in [1.165, 1.54) is 0 Å². The van der Waals surface area contributed by atoms with Crippen molar-refractivity contribution >= 4 is 39.9 Å². The lowest BCUT2D eigenvalue weighted by atomic mass is 10.1. The highest BCUT2D eigenvalue weighted by molar-refractivity contribution is 9.10. The normalized spacial score (nSPS) is 18.3. The van der Waals surface area contributed by atoms with Gasteiger partial charge < -0.3 is 10.6 Å². The molecule has 0 aromatic heterocycles. The molecule has 1 aliphatic heterocycles. The fourth-order valence-electron chi connectivity index (χ4n) is 2.16. The lowest BCUT2D eigenvalue weighted by molar-refractivity contribution is -0.117. The molecule has 1 heterocycles. The monoisotopic (exact) mass is 332 g/mol. The molecule has 1 atom stereocenters. The maximum Gasteiger partial charge on any atom is 0.241 e. The number of rotatable bonds is 2. The SMILES string of the molecule is Cc1cc(NC(=O)[C@@H]2CCCN2)cc(C)c1Br.Cl. The number of benzene rings is 1. The van der Waals surface area contributed by atoms with E-state index in [9.17, 15) is 4.79 Å². The lowest BCUT2D eigenvalue weighted by Gasteiger charge is -2.13. The molecule has 0 saturated carbocycles. The molecule has 1 fully saturated rings. The van der Waals surface area contributed by atoms with Crippen molar-refractivity contribution in [2.24, 2.45) is 0 Å². The fraction of sp³-hybridized carbons (Fsp3) is 0.462. The highest BCUT2D eigenvalue weighted by Crippen LogP contribution is 2.25. The first kappa shape index (κ1) is 15.5. The number of carbonyl (C=O) groups is 1. The minimum atomic E-state index is -0.0285. The third-order valence-corrected chi connectivity index (χ3v) is 4.33. The second kappa shape index (κ2) is 6.55. The maximum atomic E-state index is 11.9. The largest absolute Gasteiger partial charge is 0.325 e. The zero-order chi connectivity index (χ0) is 12.4. The van der Waals surface area contributed by atoms with Crippen molar-refractivity contribution in [3.63, 3.8) is 0 Å². The second-order valence-corrected chi connectivity index (χ2v) is 5.36. The van der Waals surface area contributed by atoms with Gasteiger partial charge in [-0.1, -0.05) is 15.9 Å². The molecule has 0 spiro atoms. The average Bonchev–Trinajstić information content (AvgIpc) is 2.79. The Morgan fingerprint density at radius 3 is 2.50 bits per heavy atom. The molecule has 1 saturated heterocycles. The third-order valence-electron chi connectivity index (χ3n) is 3.08. The van der Waals surface area contributed by atoms with Crippen molar-refractivity contribution in [1.82, 2.24) is 5.32 Å². The molecule has 5 heteroatoms. The van der Waals surface area contributed by atoms with Crippen molar-refractivity contribution in [3.05, 3.63) is 27.7 Å². The quantitative estimate of drug-likeness (QED) is 0.873. The Morgan fingerprint density at radius 1 is 1.39 bits per heavy atom. The number of halogens is 2. The van der Waals surface area contributed by atoms with Crippen molar-refractivity contribution in [2.45, 2.75) is 32.7 Å². The highest BCUT2D eigenvalue weighted by Gasteiger charge is 2.21. The van der Waals surface area contributed by atoms with Crippen LogP contribution < -0.4 is 10.6 Å². The number of carbonyl (C=O) groups excluding carboxylic acids is 1. The van der Waals surface area contributed by atoms with Crippen LogP contribution in [-0.2, 0) is 4.79 Å². The Labute approximate surface area is 122 Å². The van der Waals surface area contributed by atoms with Gasteiger partial charge >= 0.3 is 0 Å². The van der Waals surface area contributed by atoms with Crippen LogP contribution >= 0.6 is 28.3 Å². The molecule has 0 aliphatic carbocycles. The van der Waals surface area contributed by atoms with E-state index < -0.39 is 0 Å². The van der Waals surface area contributed by atoms with Gasteiger partial charge in [-0.15, -0.1) is 12.4 Å². The van der Waals surface area contributed by atoms with Crippen LogP contribution in [0.3, 0.4) is 0 Å². The fourth-order valence-corrected chi connectivity index (χ4v) is 2.38. The van der Waals surface area contributed by atoms with Crippen LogP contribution in [0.25, 0.3) is 0 Å². The van der Waals surface area contributed by atoms with Crippen LogP contribution in [-0.4, -0.2) is 18.5 Å². The van der Waals surface area contributed by atoms with Gasteiger partial charge in [0.15, 0.2) is 0 Å². The van der Waals surface area contributed by atoms with Crippen molar-refractivity contribution in [2.75, 3.05) is 11.9 Å². The van der Waals surface area contributed by atoms with Crippen LogP contribution in [0, 0.1) is 13.8 Å². The smallest absolute Gasteiger partial charge is 0.241 e. The molecule has 0 bridgehead atoms. The summed E-state index contributed by atoms with van der Waals surface area (Å²) in [5, 5.41) is 6.17. The minimum Gasteiger partial charge on any atom is -0.325 e. The Kier molecular flexibility index (Phi) is 5.63. The first-order chi connectivity index (χ1) is 8.08. The van der Waals surface area contributed by atoms with Gasteiger partial charge in [-0.3, -0.25) is 4.79 Å². The van der Waals surface area contributed by atoms with Gasteiger partial charge in [-0.25, -0.2) is 0 Å². The van der Waals surface area contributed by atoms with Crippen molar-refractivity contribution in [3.8, 4) is 0 Å². The standard InChI is InChI=1S/C13H17BrN2O.ClH/c1-8-6-10(7-9(2)12(8)14)16-13(17)11-4-3-5-15-11;/h6-7,11,15H,3-5H2,1-2H3,(H,16,17);1H/t11-;/m0./s1. The summed E-state index contributed by atoms with van der Waals surface area (Å²) in [6.07, 6.45) is 2.01. The molecule has 18 heavy (non-hydrogen) atoms. The van der Waals surface area contributed by atoms with E-state index >= 15 is 0 Å². The summed E-state index contributed by atoms with van der Waals surface area (Å²) in [7, 11) is 0. The predicted octanol–water partition coefficient (Wildman–Crippen LogP) is 3.18. The van der Waals surface area contributed by atoms with E-state index in [0.717, 1.165) is 40.7 Å². The van der Waals surface area contributed by atoms with Crippen LogP contribution in [0.5, 0.6) is 0 Å². The molecule has 1 amide bonds. The van der Waals surface area contributed by atoms with Gasteiger partial charge in [0, 0.05) is 10.2 Å². The Bertz CT molecular complexity index is 422. The summed E-state index contributed by atoms with van der Waals surface area (Å²) >= 11 is 3.52. The molecule has 3 nitrogen and oxygen atoms in total. The van der Waals surface area contributed by atoms with E-state index in [-0.39, 0.29) is 24.4 Å². The number of anilines is 1. The zero-order valence-corrected chi connectivity index (χ0v) is 13.0. The highest BCUT2D eigenvalue weighted by atomic mass is 79.9. The topological polar surface area (TPSA) is 41.1 Å². The summed E-state index contributed by atoms with van der Waals surface area (Å²) in [5.41, 5.74) is 3.15. The van der Waals surface area contributed by atoms with E-state index in [4.69, 9.17) is 0 Å². The predicted molar refractivity (Wildman–Crippen MR) is 80.5 cm³/mol. The average molecular weight is 334 g/mol. The minimum absolute atomic E-state index is 0. The van der Waals surface area contributed by atoms with Crippen molar-refractivity contribution < 1.29 is 4.79 Å². The first-order valence-corrected chi connectivity index (χ1v) is 6.68. The van der Waals surface area contributed by atoms with Crippen LogP contribution in [0.15, 0.2) is 16.6 Å². The number of amides is 1. The number of hydrogen-bond acceptors (Lipinski definition) is 2. The van der Waals surface area contributed by atoms with Crippen LogP contribution in [0.4, 0.5) is 5.69 Å². The van der Waals surface area contributed by atoms with Gasteiger partial charge in [0.1, 0.15) is 0 Å². The lowest BCUT2D eigenvalue weighted by Crippen LogP contribution is -2.35. The third kappa shape index (κ3) is 3.46. The summed E-state index contributed by atoms with van der Waals surface area (Å²) in [6.45, 7) is 5.00. The summed E-state index contributed by atoms with van der Waals surface area (Å²) < 4.78 is 1.11. The first-order valence-electron chi connectivity index (χ1n) is 5.89. The van der Waals surface area contributed by atoms with Crippen LogP contribution in [0.2, 0.25) is 0 Å². The summed E-state index contributed by atoms with van der Waals surface area (Å²) in [4.78, 5) is 11.9. The van der Waals surface area contributed by atoms with Gasteiger partial charge in [-0.05, 0) is 56.5 Å². The van der Waals surface area contributed by atoms with Gasteiger partial charge in [0.05, 0.1) is 6.04 Å². The number of nitrogens with one attached hydrogen (secondary N) is 2. The summed E-state index contributed by atoms with van der Waals surface area (Å²) in [6, 6.07) is 3.95.